The van der Waals surface area contributed by atoms with Gasteiger partial charge in [0.15, 0.2) is 0 Å². The van der Waals surface area contributed by atoms with Gasteiger partial charge in [0.1, 0.15) is 16.0 Å². The third kappa shape index (κ3) is 2.83. The van der Waals surface area contributed by atoms with Crippen LogP contribution in [0.3, 0.4) is 0 Å². The van der Waals surface area contributed by atoms with Gasteiger partial charge in [0.2, 0.25) is 0 Å². The molecule has 2 fully saturated rings. The molecule has 3 rings (SSSR count). The summed E-state index contributed by atoms with van der Waals surface area (Å²) in [6, 6.07) is 0. The number of esters is 1. The lowest BCUT2D eigenvalue weighted by molar-refractivity contribution is -0.167. The molecule has 0 unspecified atom stereocenters. The smallest absolute Gasteiger partial charge is 0.317 e. The highest BCUT2D eigenvalue weighted by atomic mass is 35.5. The van der Waals surface area contributed by atoms with Gasteiger partial charge in [-0.2, -0.15) is 5.10 Å². The summed E-state index contributed by atoms with van der Waals surface area (Å²) in [7, 11) is 0. The van der Waals surface area contributed by atoms with Crippen LogP contribution in [0, 0.1) is 11.3 Å². The maximum Gasteiger partial charge on any atom is 0.317 e. The van der Waals surface area contributed by atoms with E-state index in [2.05, 4.69) is 10.2 Å². The van der Waals surface area contributed by atoms with Crippen molar-refractivity contribution in [2.24, 2.45) is 11.3 Å². The average molecular weight is 342 g/mol. The maximum absolute atomic E-state index is 12.7. The molecule has 7 nitrogen and oxygen atoms in total. The summed E-state index contributed by atoms with van der Waals surface area (Å²) in [5, 5.41) is 6.18. The number of H-pyrrole nitrogens is 1. The Hall–Kier alpha value is -1.60. The van der Waals surface area contributed by atoms with E-state index in [1.54, 1.807) is 0 Å². The van der Waals surface area contributed by atoms with Gasteiger partial charge in [0.05, 0.1) is 25.1 Å². The second-order valence-electron chi connectivity index (χ2n) is 7.15. The van der Waals surface area contributed by atoms with Crippen LogP contribution < -0.4 is 10.5 Å². The zero-order valence-corrected chi connectivity index (χ0v) is 14.1. The van der Waals surface area contributed by atoms with Crippen LogP contribution in [0.2, 0.25) is 5.02 Å². The summed E-state index contributed by atoms with van der Waals surface area (Å²) >= 11 is 6.09. The summed E-state index contributed by atoms with van der Waals surface area (Å²) in [4.78, 5) is 26.3. The van der Waals surface area contributed by atoms with E-state index in [0.29, 0.717) is 32.0 Å². The SMILES string of the molecule is CC(C)(C)OC(=O)[C@]12COC[C@H]1CN(c1cn[nH]c(=O)c1Cl)C2. The minimum Gasteiger partial charge on any atom is -0.459 e. The van der Waals surface area contributed by atoms with Crippen molar-refractivity contribution in [2.45, 2.75) is 26.4 Å². The number of hydrogen-bond donors (Lipinski definition) is 1. The first kappa shape index (κ1) is 16.3. The number of carbonyl (C=O) groups excluding carboxylic acids is 1. The Morgan fingerprint density at radius 3 is 3.00 bits per heavy atom. The predicted octanol–water partition coefficient (Wildman–Crippen LogP) is 1.22. The van der Waals surface area contributed by atoms with Gasteiger partial charge in [-0.15, -0.1) is 0 Å². The van der Waals surface area contributed by atoms with Crippen molar-refractivity contribution >= 4 is 23.3 Å². The normalized spacial score (nSPS) is 27.1. The number of anilines is 1. The number of rotatable bonds is 2. The summed E-state index contributed by atoms with van der Waals surface area (Å²) in [5.41, 5.74) is -1.19. The largest absolute Gasteiger partial charge is 0.459 e. The Bertz CT molecular complexity index is 684. The minimum atomic E-state index is -0.723. The highest BCUT2D eigenvalue weighted by molar-refractivity contribution is 6.33. The standard InChI is InChI=1S/C15H20ClN3O4/c1-14(2,3)23-13(21)15-7-19(5-9(15)6-22-8-15)10-4-17-18-12(20)11(10)16/h4,9H,5-8H2,1-3H3,(H,18,20)/t9-,15-/m1/s1. The van der Waals surface area contributed by atoms with Gasteiger partial charge in [0.25, 0.3) is 5.56 Å². The van der Waals surface area contributed by atoms with Crippen molar-refractivity contribution in [1.29, 1.82) is 0 Å². The zero-order chi connectivity index (χ0) is 16.8. The first-order valence-electron chi connectivity index (χ1n) is 7.52. The highest BCUT2D eigenvalue weighted by Gasteiger charge is 2.58. The minimum absolute atomic E-state index is 0.00713. The lowest BCUT2D eigenvalue weighted by atomic mass is 9.81. The molecule has 0 amide bonds. The van der Waals surface area contributed by atoms with Gasteiger partial charge in [-0.3, -0.25) is 9.59 Å². The molecule has 2 aliphatic rings. The number of carbonyl (C=O) groups is 1. The fourth-order valence-corrected chi connectivity index (χ4v) is 3.39. The van der Waals surface area contributed by atoms with Gasteiger partial charge in [-0.1, -0.05) is 11.6 Å². The van der Waals surface area contributed by atoms with E-state index in [9.17, 15) is 9.59 Å². The fourth-order valence-electron chi connectivity index (χ4n) is 3.18. The Morgan fingerprint density at radius 2 is 2.30 bits per heavy atom. The van der Waals surface area contributed by atoms with E-state index < -0.39 is 16.6 Å². The molecule has 1 aromatic rings. The third-order valence-corrected chi connectivity index (χ3v) is 4.66. The number of hydrogen-bond acceptors (Lipinski definition) is 6. The van der Waals surface area contributed by atoms with Gasteiger partial charge in [-0.05, 0) is 20.8 Å². The van der Waals surface area contributed by atoms with Gasteiger partial charge < -0.3 is 14.4 Å². The molecule has 1 aromatic heterocycles. The van der Waals surface area contributed by atoms with Crippen molar-refractivity contribution in [2.75, 3.05) is 31.2 Å². The van der Waals surface area contributed by atoms with Crippen molar-refractivity contribution < 1.29 is 14.3 Å². The van der Waals surface area contributed by atoms with Crippen molar-refractivity contribution in [3.8, 4) is 0 Å². The number of ether oxygens (including phenoxy) is 2. The maximum atomic E-state index is 12.7. The van der Waals surface area contributed by atoms with E-state index in [4.69, 9.17) is 21.1 Å². The van der Waals surface area contributed by atoms with Gasteiger partial charge in [-0.25, -0.2) is 5.10 Å². The number of aromatic nitrogens is 2. The summed E-state index contributed by atoms with van der Waals surface area (Å²) in [6.45, 7) is 7.31. The van der Waals surface area contributed by atoms with Crippen LogP contribution in [-0.4, -0.2) is 48.1 Å². The van der Waals surface area contributed by atoms with Crippen LogP contribution in [0.15, 0.2) is 11.0 Å². The molecule has 0 aliphatic carbocycles. The molecule has 0 spiro atoms. The molecule has 23 heavy (non-hydrogen) atoms. The second-order valence-corrected chi connectivity index (χ2v) is 7.53. The van der Waals surface area contributed by atoms with Crippen LogP contribution in [0.5, 0.6) is 0 Å². The van der Waals surface area contributed by atoms with Crippen LogP contribution in [-0.2, 0) is 14.3 Å². The van der Waals surface area contributed by atoms with E-state index in [0.717, 1.165) is 0 Å². The van der Waals surface area contributed by atoms with Crippen LogP contribution in [0.1, 0.15) is 20.8 Å². The number of halogens is 1. The van der Waals surface area contributed by atoms with Crippen molar-refractivity contribution in [3.05, 3.63) is 21.6 Å². The van der Waals surface area contributed by atoms with E-state index >= 15 is 0 Å². The topological polar surface area (TPSA) is 84.5 Å². The molecule has 8 heteroatoms. The monoisotopic (exact) mass is 341 g/mol. The third-order valence-electron chi connectivity index (χ3n) is 4.30. The molecule has 2 saturated heterocycles. The van der Waals surface area contributed by atoms with Crippen LogP contribution in [0.4, 0.5) is 5.69 Å². The van der Waals surface area contributed by atoms with E-state index in [1.165, 1.54) is 6.20 Å². The number of nitrogens with one attached hydrogen (secondary N) is 1. The molecule has 1 N–H and O–H groups in total. The van der Waals surface area contributed by atoms with Crippen molar-refractivity contribution in [1.82, 2.24) is 10.2 Å². The van der Waals surface area contributed by atoms with E-state index in [1.807, 2.05) is 25.7 Å². The molecule has 0 saturated carbocycles. The molecule has 126 valence electrons. The van der Waals surface area contributed by atoms with E-state index in [-0.39, 0.29) is 16.9 Å². The van der Waals surface area contributed by atoms with Gasteiger partial charge in [0, 0.05) is 19.0 Å². The number of fused-ring (bicyclic) bond motifs is 1. The molecule has 0 bridgehead atoms. The Kier molecular flexibility index (Phi) is 3.88. The molecule has 3 heterocycles. The first-order valence-corrected chi connectivity index (χ1v) is 7.90. The summed E-state index contributed by atoms with van der Waals surface area (Å²) in [5.74, 6) is -0.253. The van der Waals surface area contributed by atoms with Crippen LogP contribution >= 0.6 is 11.6 Å². The lowest BCUT2D eigenvalue weighted by Gasteiger charge is -2.30. The molecule has 0 aromatic carbocycles. The fraction of sp³-hybridized carbons (Fsp3) is 0.667. The highest BCUT2D eigenvalue weighted by Crippen LogP contribution is 2.45. The lowest BCUT2D eigenvalue weighted by Crippen LogP contribution is -2.43. The number of aromatic amines is 1. The second kappa shape index (κ2) is 5.49. The Labute approximate surface area is 138 Å². The zero-order valence-electron chi connectivity index (χ0n) is 13.4. The molecular weight excluding hydrogens is 322 g/mol. The van der Waals surface area contributed by atoms with Crippen molar-refractivity contribution in [3.63, 3.8) is 0 Å². The average Bonchev–Trinajstić information content (AvgIpc) is 2.97. The Balaban J connectivity index is 1.89. The molecular formula is C15H20ClN3O4. The van der Waals surface area contributed by atoms with Crippen LogP contribution in [0.25, 0.3) is 0 Å². The molecule has 0 radical (unpaired) electrons. The molecule has 2 atom stereocenters. The Morgan fingerprint density at radius 1 is 1.57 bits per heavy atom. The quantitative estimate of drug-likeness (QED) is 0.814. The molecule has 2 aliphatic heterocycles. The summed E-state index contributed by atoms with van der Waals surface area (Å²) < 4.78 is 11.1. The predicted molar refractivity (Wildman–Crippen MR) is 84.7 cm³/mol. The first-order chi connectivity index (χ1) is 10.7. The van der Waals surface area contributed by atoms with Gasteiger partial charge >= 0.3 is 5.97 Å². The summed E-state index contributed by atoms with van der Waals surface area (Å²) in [6.07, 6.45) is 1.51. The number of nitrogens with zero attached hydrogens (tertiary/aromatic N) is 2.